The molecule has 0 amide bonds. The molecular weight excluding hydrogens is 432 g/mol. The minimum absolute atomic E-state index is 0.0288. The Bertz CT molecular complexity index is 1460. The van der Waals surface area contributed by atoms with Crippen LogP contribution in [-0.2, 0) is 0 Å². The van der Waals surface area contributed by atoms with Crippen LogP contribution in [0.1, 0.15) is 29.9 Å². The second-order valence-electron chi connectivity index (χ2n) is 8.16. The van der Waals surface area contributed by atoms with Crippen LogP contribution in [0.3, 0.4) is 0 Å². The normalized spacial score (nSPS) is 12.1. The van der Waals surface area contributed by atoms with Crippen LogP contribution in [0.5, 0.6) is 0 Å². The molecular formula is C27H23ClN4O. The number of furan rings is 1. The summed E-state index contributed by atoms with van der Waals surface area (Å²) in [5.74, 6) is 1.49. The zero-order valence-corrected chi connectivity index (χ0v) is 19.4. The van der Waals surface area contributed by atoms with Gasteiger partial charge in [-0.25, -0.2) is 9.97 Å². The number of fused-ring (bicyclic) bond motifs is 1. The van der Waals surface area contributed by atoms with E-state index in [9.17, 15) is 0 Å². The molecule has 0 spiro atoms. The first kappa shape index (κ1) is 21.2. The lowest BCUT2D eigenvalue weighted by atomic mass is 10.0. The Kier molecular flexibility index (Phi) is 5.56. The van der Waals surface area contributed by atoms with Crippen molar-refractivity contribution in [2.45, 2.75) is 26.8 Å². The summed E-state index contributed by atoms with van der Waals surface area (Å²) in [6.07, 6.45) is 5.26. The van der Waals surface area contributed by atoms with Gasteiger partial charge in [0, 0.05) is 41.0 Å². The Morgan fingerprint density at radius 3 is 2.70 bits per heavy atom. The number of halogens is 1. The molecule has 0 saturated heterocycles. The predicted octanol–water partition coefficient (Wildman–Crippen LogP) is 7.40. The molecule has 0 saturated carbocycles. The number of anilines is 1. The molecule has 5 aromatic rings. The molecule has 164 valence electrons. The highest BCUT2D eigenvalue weighted by Crippen LogP contribution is 2.31. The van der Waals surface area contributed by atoms with E-state index in [1.165, 1.54) is 0 Å². The number of nitrogens with zero attached hydrogens (tertiary/aromatic N) is 3. The van der Waals surface area contributed by atoms with Gasteiger partial charge in [0.1, 0.15) is 17.2 Å². The average Bonchev–Trinajstić information content (AvgIpc) is 3.19. The maximum Gasteiger partial charge on any atom is 0.134 e. The molecule has 5 rings (SSSR count). The maximum atomic E-state index is 6.37. The largest absolute Gasteiger partial charge is 0.464 e. The Hall–Kier alpha value is -3.70. The van der Waals surface area contributed by atoms with E-state index >= 15 is 0 Å². The summed E-state index contributed by atoms with van der Waals surface area (Å²) in [6.45, 7) is 6.07. The molecule has 0 unspecified atom stereocenters. The van der Waals surface area contributed by atoms with Crippen LogP contribution in [0.4, 0.5) is 5.82 Å². The molecule has 2 aromatic carbocycles. The second kappa shape index (κ2) is 8.68. The predicted molar refractivity (Wildman–Crippen MR) is 133 cm³/mol. The van der Waals surface area contributed by atoms with Gasteiger partial charge in [-0.1, -0.05) is 29.8 Å². The number of aryl methyl sites for hydroxylation is 2. The molecule has 6 heteroatoms. The smallest absolute Gasteiger partial charge is 0.134 e. The van der Waals surface area contributed by atoms with Gasteiger partial charge in [-0.3, -0.25) is 4.98 Å². The lowest BCUT2D eigenvalue weighted by Gasteiger charge is -2.17. The van der Waals surface area contributed by atoms with Crippen LogP contribution in [0.15, 0.2) is 77.7 Å². The van der Waals surface area contributed by atoms with Crippen molar-refractivity contribution in [3.63, 3.8) is 0 Å². The van der Waals surface area contributed by atoms with Crippen LogP contribution >= 0.6 is 11.6 Å². The minimum atomic E-state index is 0.0288. The molecule has 3 heterocycles. The van der Waals surface area contributed by atoms with Gasteiger partial charge in [0.05, 0.1) is 17.0 Å². The van der Waals surface area contributed by atoms with E-state index in [1.54, 1.807) is 24.7 Å². The third-order valence-corrected chi connectivity index (χ3v) is 6.06. The molecule has 0 fully saturated rings. The Balaban J connectivity index is 1.44. The summed E-state index contributed by atoms with van der Waals surface area (Å²) < 4.78 is 5.58. The highest BCUT2D eigenvalue weighted by molar-refractivity contribution is 6.33. The van der Waals surface area contributed by atoms with Crippen molar-refractivity contribution < 1.29 is 4.42 Å². The summed E-state index contributed by atoms with van der Waals surface area (Å²) in [7, 11) is 0. The number of benzene rings is 2. The first-order valence-corrected chi connectivity index (χ1v) is 11.2. The SMILES string of the molecule is Cc1nc(N[C@@H](C)c2cccc(-c3cnccc3Cl)c2)cc(-c2ccc3occ(C)c3c2)n1. The Morgan fingerprint density at radius 2 is 1.85 bits per heavy atom. The number of hydrogen-bond acceptors (Lipinski definition) is 5. The number of pyridine rings is 1. The van der Waals surface area contributed by atoms with Gasteiger partial charge in [-0.05, 0) is 67.8 Å². The van der Waals surface area contributed by atoms with Gasteiger partial charge < -0.3 is 9.73 Å². The molecule has 0 aliphatic heterocycles. The summed E-state index contributed by atoms with van der Waals surface area (Å²) in [4.78, 5) is 13.5. The topological polar surface area (TPSA) is 63.8 Å². The van der Waals surface area contributed by atoms with E-state index in [0.717, 1.165) is 50.3 Å². The van der Waals surface area contributed by atoms with Crippen molar-refractivity contribution >= 4 is 28.4 Å². The van der Waals surface area contributed by atoms with E-state index in [-0.39, 0.29) is 6.04 Å². The molecule has 5 nitrogen and oxygen atoms in total. The molecule has 0 bridgehead atoms. The van der Waals surface area contributed by atoms with Crippen LogP contribution in [0.2, 0.25) is 5.02 Å². The van der Waals surface area contributed by atoms with E-state index in [2.05, 4.69) is 45.4 Å². The first-order valence-electron chi connectivity index (χ1n) is 10.8. The van der Waals surface area contributed by atoms with E-state index in [1.807, 2.05) is 44.2 Å². The lowest BCUT2D eigenvalue weighted by Crippen LogP contribution is -2.09. The molecule has 0 aliphatic carbocycles. The fourth-order valence-corrected chi connectivity index (χ4v) is 4.19. The van der Waals surface area contributed by atoms with Crippen molar-refractivity contribution in [2.75, 3.05) is 5.32 Å². The van der Waals surface area contributed by atoms with E-state index in [4.69, 9.17) is 16.0 Å². The van der Waals surface area contributed by atoms with Gasteiger partial charge >= 0.3 is 0 Å². The maximum absolute atomic E-state index is 6.37. The van der Waals surface area contributed by atoms with E-state index < -0.39 is 0 Å². The standard InChI is InChI=1S/C27H23ClN4O/c1-16-15-33-26-8-7-21(12-22(16)26)25-13-27(32-18(3)31-25)30-17(2)19-5-4-6-20(11-19)23-14-29-10-9-24(23)28/h4-15,17H,1-3H3,(H,30,31,32)/t17-/m0/s1. The van der Waals surface area contributed by atoms with Crippen molar-refractivity contribution in [2.24, 2.45) is 0 Å². The van der Waals surface area contributed by atoms with E-state index in [0.29, 0.717) is 10.8 Å². The zero-order valence-electron chi connectivity index (χ0n) is 18.6. The summed E-state index contributed by atoms with van der Waals surface area (Å²) in [6, 6.07) is 18.2. The molecule has 3 aromatic heterocycles. The van der Waals surface area contributed by atoms with Gasteiger partial charge in [-0.15, -0.1) is 0 Å². The zero-order chi connectivity index (χ0) is 22.9. The molecule has 33 heavy (non-hydrogen) atoms. The molecule has 1 atom stereocenters. The lowest BCUT2D eigenvalue weighted by molar-refractivity contribution is 0.613. The van der Waals surface area contributed by atoms with Gasteiger partial charge in [0.15, 0.2) is 0 Å². The van der Waals surface area contributed by atoms with Crippen LogP contribution in [0, 0.1) is 13.8 Å². The first-order chi connectivity index (χ1) is 16.0. The van der Waals surface area contributed by atoms with Gasteiger partial charge in [0.2, 0.25) is 0 Å². The van der Waals surface area contributed by atoms with Crippen LogP contribution in [-0.4, -0.2) is 15.0 Å². The Labute approximate surface area is 197 Å². The number of rotatable bonds is 5. The van der Waals surface area contributed by atoms with Crippen molar-refractivity contribution in [3.05, 3.63) is 95.2 Å². The summed E-state index contributed by atoms with van der Waals surface area (Å²) in [5.41, 5.74) is 6.96. The monoisotopic (exact) mass is 454 g/mol. The Morgan fingerprint density at radius 1 is 0.970 bits per heavy atom. The highest BCUT2D eigenvalue weighted by atomic mass is 35.5. The number of aromatic nitrogens is 3. The number of hydrogen-bond donors (Lipinski definition) is 1. The minimum Gasteiger partial charge on any atom is -0.464 e. The van der Waals surface area contributed by atoms with Crippen molar-refractivity contribution in [3.8, 4) is 22.4 Å². The fourth-order valence-electron chi connectivity index (χ4n) is 3.98. The summed E-state index contributed by atoms with van der Waals surface area (Å²) in [5, 5.41) is 5.31. The molecule has 0 radical (unpaired) electrons. The number of nitrogens with one attached hydrogen (secondary N) is 1. The fraction of sp³-hybridized carbons (Fsp3) is 0.148. The van der Waals surface area contributed by atoms with Crippen molar-refractivity contribution in [1.29, 1.82) is 0 Å². The third kappa shape index (κ3) is 4.32. The second-order valence-corrected chi connectivity index (χ2v) is 8.57. The third-order valence-electron chi connectivity index (χ3n) is 5.73. The van der Waals surface area contributed by atoms with Crippen LogP contribution < -0.4 is 5.32 Å². The quantitative estimate of drug-likeness (QED) is 0.300. The van der Waals surface area contributed by atoms with Gasteiger partial charge in [-0.2, -0.15) is 0 Å². The molecule has 0 aliphatic rings. The van der Waals surface area contributed by atoms with Gasteiger partial charge in [0.25, 0.3) is 0 Å². The summed E-state index contributed by atoms with van der Waals surface area (Å²) >= 11 is 6.37. The van der Waals surface area contributed by atoms with Crippen molar-refractivity contribution in [1.82, 2.24) is 15.0 Å². The van der Waals surface area contributed by atoms with Crippen LogP contribution in [0.25, 0.3) is 33.4 Å². The average molecular weight is 455 g/mol. The highest BCUT2D eigenvalue weighted by Gasteiger charge is 2.12. The molecule has 1 N–H and O–H groups in total.